The summed E-state index contributed by atoms with van der Waals surface area (Å²) in [5.41, 5.74) is 11.0. The fourth-order valence-corrected chi connectivity index (χ4v) is 5.21. The zero-order chi connectivity index (χ0) is 29.8. The molecule has 17 heteroatoms. The van der Waals surface area contributed by atoms with E-state index >= 15 is 0 Å². The highest BCUT2D eigenvalue weighted by Gasteiger charge is 2.53. The van der Waals surface area contributed by atoms with E-state index in [1.54, 1.807) is 0 Å². The van der Waals surface area contributed by atoms with Crippen molar-refractivity contribution in [2.75, 3.05) is 40.6 Å². The molecule has 0 radical (unpaired) electrons. The summed E-state index contributed by atoms with van der Waals surface area (Å²) in [6, 6.07) is -3.50. The molecular formula is C23H43N3O14. The standard InChI is InChI=1S/C23H43N3O14/c1-9(30)26-15-17(33)19(12(6-28)37-22(15)35-3)38-20-14(25)16(32)18(11(5-27)36-20)39-21-13(24)10(31)4-23(7-29,40-21)8-34-2/h10-22,27-29,31-33H,4-8,24-25H2,1-3H3,(H,26,30)/t10?,11?,12-,13?,14?,15?,16+,17?,18+,19+,20-,21+,22+,23-/m0/s1. The van der Waals surface area contributed by atoms with Crippen molar-refractivity contribution in [3.05, 3.63) is 0 Å². The number of carbonyl (C=O) groups is 1. The van der Waals surface area contributed by atoms with Crippen LogP contribution in [0.4, 0.5) is 0 Å². The third-order valence-electron chi connectivity index (χ3n) is 7.34. The van der Waals surface area contributed by atoms with Crippen LogP contribution in [0.25, 0.3) is 0 Å². The minimum Gasteiger partial charge on any atom is -0.394 e. The lowest BCUT2D eigenvalue weighted by Gasteiger charge is -2.50. The summed E-state index contributed by atoms with van der Waals surface area (Å²) < 4.78 is 39.3. The maximum atomic E-state index is 11.7. The highest BCUT2D eigenvalue weighted by molar-refractivity contribution is 5.73. The van der Waals surface area contributed by atoms with E-state index in [9.17, 15) is 35.4 Å². The molecule has 0 saturated carbocycles. The fourth-order valence-electron chi connectivity index (χ4n) is 5.21. The molecule has 0 aromatic rings. The van der Waals surface area contributed by atoms with Crippen LogP contribution in [0.2, 0.25) is 0 Å². The Labute approximate surface area is 231 Å². The smallest absolute Gasteiger partial charge is 0.217 e. The van der Waals surface area contributed by atoms with Gasteiger partial charge in [-0.2, -0.15) is 0 Å². The summed E-state index contributed by atoms with van der Waals surface area (Å²) >= 11 is 0. The van der Waals surface area contributed by atoms with Gasteiger partial charge in [-0.25, -0.2) is 0 Å². The lowest BCUT2D eigenvalue weighted by Crippen LogP contribution is -2.69. The number of hydrogen-bond acceptors (Lipinski definition) is 16. The second-order valence-electron chi connectivity index (χ2n) is 10.3. The lowest BCUT2D eigenvalue weighted by molar-refractivity contribution is -0.354. The molecule has 0 aromatic carbocycles. The summed E-state index contributed by atoms with van der Waals surface area (Å²) in [6.45, 7) is -0.668. The van der Waals surface area contributed by atoms with E-state index in [0.717, 1.165) is 0 Å². The molecule has 3 fully saturated rings. The number of carbonyl (C=O) groups excluding carboxylic acids is 1. The monoisotopic (exact) mass is 585 g/mol. The van der Waals surface area contributed by atoms with Crippen molar-refractivity contribution in [2.45, 2.75) is 98.7 Å². The Balaban J connectivity index is 1.77. The van der Waals surface area contributed by atoms with Gasteiger partial charge in [-0.3, -0.25) is 4.79 Å². The van der Waals surface area contributed by atoms with Crippen molar-refractivity contribution >= 4 is 5.91 Å². The molecule has 3 heterocycles. The SMILES string of the molecule is COC[C@@]1(CO)CC(O)C(N)[C@H](O[C@@H]2C(CO)O[C@@H](O[C@H]3C(O)C(NC(C)=O)[C@H](OC)O[C@H]3CO)C(N)[C@H]2O)O1. The molecule has 0 spiro atoms. The number of nitrogens with two attached hydrogens (primary N) is 2. The zero-order valence-corrected chi connectivity index (χ0v) is 22.6. The molecule has 11 N–H and O–H groups in total. The average molecular weight is 586 g/mol. The van der Waals surface area contributed by atoms with Crippen molar-refractivity contribution in [1.82, 2.24) is 5.32 Å². The van der Waals surface area contributed by atoms with E-state index in [1.807, 2.05) is 0 Å². The Morgan fingerprint density at radius 2 is 1.50 bits per heavy atom. The average Bonchev–Trinajstić information content (AvgIpc) is 2.92. The summed E-state index contributed by atoms with van der Waals surface area (Å²) in [4.78, 5) is 11.7. The summed E-state index contributed by atoms with van der Waals surface area (Å²) in [5.74, 6) is -0.485. The number of ether oxygens (including phenoxy) is 7. The van der Waals surface area contributed by atoms with Gasteiger partial charge < -0.3 is 80.6 Å². The predicted molar refractivity (Wildman–Crippen MR) is 131 cm³/mol. The quantitative estimate of drug-likeness (QED) is 0.109. The van der Waals surface area contributed by atoms with Crippen LogP contribution in [-0.2, 0) is 38.0 Å². The molecular weight excluding hydrogens is 542 g/mol. The third-order valence-corrected chi connectivity index (χ3v) is 7.34. The molecule has 6 unspecified atom stereocenters. The molecule has 3 rings (SSSR count). The molecule has 0 aromatic heterocycles. The number of amides is 1. The minimum atomic E-state index is -1.55. The first-order valence-corrected chi connectivity index (χ1v) is 12.9. The second kappa shape index (κ2) is 14.4. The van der Waals surface area contributed by atoms with E-state index in [4.69, 9.17) is 44.6 Å². The van der Waals surface area contributed by atoms with Gasteiger partial charge in [-0.1, -0.05) is 0 Å². The first-order valence-electron chi connectivity index (χ1n) is 12.9. The topological polar surface area (TPSA) is 267 Å². The van der Waals surface area contributed by atoms with E-state index < -0.39 is 111 Å². The number of methoxy groups -OCH3 is 2. The Morgan fingerprint density at radius 1 is 0.925 bits per heavy atom. The molecule has 17 nitrogen and oxygen atoms in total. The molecule has 14 atom stereocenters. The predicted octanol–water partition coefficient (Wildman–Crippen LogP) is -5.80. The number of aliphatic hydroxyl groups excluding tert-OH is 6. The van der Waals surface area contributed by atoms with Crippen molar-refractivity contribution in [2.24, 2.45) is 11.5 Å². The van der Waals surface area contributed by atoms with Gasteiger partial charge in [0, 0.05) is 27.6 Å². The van der Waals surface area contributed by atoms with Crippen LogP contribution in [0, 0.1) is 0 Å². The molecule has 3 aliphatic rings. The first kappa shape index (κ1) is 33.4. The highest BCUT2D eigenvalue weighted by Crippen LogP contribution is 2.34. The minimum absolute atomic E-state index is 0.0395. The second-order valence-corrected chi connectivity index (χ2v) is 10.3. The third kappa shape index (κ3) is 7.08. The van der Waals surface area contributed by atoms with Crippen LogP contribution < -0.4 is 16.8 Å². The lowest BCUT2D eigenvalue weighted by atomic mass is 9.90. The Bertz CT molecular complexity index is 813. The molecule has 1 amide bonds. The van der Waals surface area contributed by atoms with Gasteiger partial charge in [-0.05, 0) is 0 Å². The number of rotatable bonds is 11. The number of hydrogen-bond donors (Lipinski definition) is 9. The van der Waals surface area contributed by atoms with E-state index in [-0.39, 0.29) is 13.0 Å². The highest BCUT2D eigenvalue weighted by atomic mass is 16.7. The maximum Gasteiger partial charge on any atom is 0.217 e. The van der Waals surface area contributed by atoms with Crippen LogP contribution in [0.15, 0.2) is 0 Å². The van der Waals surface area contributed by atoms with Crippen molar-refractivity contribution in [3.63, 3.8) is 0 Å². The molecule has 40 heavy (non-hydrogen) atoms. The van der Waals surface area contributed by atoms with Crippen molar-refractivity contribution < 1.29 is 68.6 Å². The summed E-state index contributed by atoms with van der Waals surface area (Å²) in [6.07, 6.45) is -13.1. The van der Waals surface area contributed by atoms with Gasteiger partial charge in [0.05, 0.1) is 44.6 Å². The first-order chi connectivity index (χ1) is 18.9. The van der Waals surface area contributed by atoms with Gasteiger partial charge in [0.25, 0.3) is 0 Å². The van der Waals surface area contributed by atoms with E-state index in [2.05, 4.69) is 5.32 Å². The van der Waals surface area contributed by atoms with Gasteiger partial charge in [-0.15, -0.1) is 0 Å². The van der Waals surface area contributed by atoms with Crippen molar-refractivity contribution in [1.29, 1.82) is 0 Å². The summed E-state index contributed by atoms with van der Waals surface area (Å²) in [7, 11) is 2.69. The van der Waals surface area contributed by atoms with Crippen LogP contribution in [0.1, 0.15) is 13.3 Å². The maximum absolute atomic E-state index is 11.7. The van der Waals surface area contributed by atoms with E-state index in [1.165, 1.54) is 21.1 Å². The van der Waals surface area contributed by atoms with Crippen LogP contribution in [-0.4, -0.2) is 163 Å². The fraction of sp³-hybridized carbons (Fsp3) is 0.957. The van der Waals surface area contributed by atoms with Crippen molar-refractivity contribution in [3.8, 4) is 0 Å². The Hall–Kier alpha value is -1.13. The Kier molecular flexibility index (Phi) is 12.0. The molecule has 0 aliphatic carbocycles. The zero-order valence-electron chi connectivity index (χ0n) is 22.6. The normalized spacial score (nSPS) is 46.2. The van der Waals surface area contributed by atoms with Gasteiger partial charge in [0.1, 0.15) is 48.3 Å². The van der Waals surface area contributed by atoms with Crippen LogP contribution in [0.5, 0.6) is 0 Å². The van der Waals surface area contributed by atoms with Crippen LogP contribution >= 0.6 is 0 Å². The molecule has 0 bridgehead atoms. The number of nitrogens with one attached hydrogen (secondary N) is 1. The van der Waals surface area contributed by atoms with Crippen LogP contribution in [0.3, 0.4) is 0 Å². The largest absolute Gasteiger partial charge is 0.394 e. The van der Waals surface area contributed by atoms with E-state index in [0.29, 0.717) is 0 Å². The van der Waals surface area contributed by atoms with Gasteiger partial charge >= 0.3 is 0 Å². The van der Waals surface area contributed by atoms with Gasteiger partial charge in [0.15, 0.2) is 18.9 Å². The molecule has 3 saturated heterocycles. The van der Waals surface area contributed by atoms with Gasteiger partial charge in [0.2, 0.25) is 5.91 Å². The Morgan fingerprint density at radius 3 is 2.02 bits per heavy atom. The number of aliphatic hydroxyl groups is 6. The molecule has 234 valence electrons. The summed E-state index contributed by atoms with van der Waals surface area (Å²) in [5, 5.41) is 64.9. The molecule has 3 aliphatic heterocycles.